The van der Waals surface area contributed by atoms with Crippen LogP contribution in [0.1, 0.15) is 22.3 Å². The molecule has 0 saturated heterocycles. The summed E-state index contributed by atoms with van der Waals surface area (Å²) in [6.45, 7) is 0. The number of nitrogens with zero attached hydrogens (tertiary/aromatic N) is 7. The minimum atomic E-state index is -0.818. The van der Waals surface area contributed by atoms with Crippen molar-refractivity contribution >= 4 is 45.9 Å². The molecule has 2 aliphatic heterocycles. The number of hydrogen-bond acceptors (Lipinski definition) is 9. The lowest BCUT2D eigenvalue weighted by atomic mass is 9.66. The van der Waals surface area contributed by atoms with Gasteiger partial charge in [-0.15, -0.1) is 0 Å². The lowest BCUT2D eigenvalue weighted by Crippen LogP contribution is -2.33. The van der Waals surface area contributed by atoms with Gasteiger partial charge >= 0.3 is 0 Å². The van der Waals surface area contributed by atoms with E-state index < -0.39 is 5.41 Å². The second-order valence-corrected chi connectivity index (χ2v) is 18.7. The molecule has 0 bridgehead atoms. The molecular formula is C62H39N7OS. The van der Waals surface area contributed by atoms with Crippen molar-refractivity contribution in [2.45, 2.75) is 15.2 Å². The van der Waals surface area contributed by atoms with Crippen LogP contribution in [-0.2, 0) is 5.41 Å². The third-order valence-electron chi connectivity index (χ3n) is 13.6. The number of para-hydroxylation sites is 4. The molecule has 8 nitrogen and oxygen atoms in total. The zero-order valence-corrected chi connectivity index (χ0v) is 38.8. The molecule has 14 rings (SSSR count). The van der Waals surface area contributed by atoms with E-state index in [1.165, 1.54) is 0 Å². The van der Waals surface area contributed by atoms with Crippen molar-refractivity contribution in [2.75, 3.05) is 9.80 Å². The number of ether oxygens (including phenoxy) is 1. The lowest BCUT2D eigenvalue weighted by molar-refractivity contribution is 0.426. The van der Waals surface area contributed by atoms with Crippen molar-refractivity contribution in [1.29, 1.82) is 0 Å². The molecule has 0 N–H and O–H groups in total. The number of anilines is 6. The summed E-state index contributed by atoms with van der Waals surface area (Å²) in [4.78, 5) is 32.5. The zero-order valence-electron chi connectivity index (χ0n) is 38.0. The van der Waals surface area contributed by atoms with Gasteiger partial charge in [-0.25, -0.2) is 19.9 Å². The van der Waals surface area contributed by atoms with Gasteiger partial charge in [-0.2, -0.15) is 0 Å². The van der Waals surface area contributed by atoms with Crippen molar-refractivity contribution in [2.24, 2.45) is 0 Å². The molecule has 9 heteroatoms. The molecule has 11 aromatic rings. The van der Waals surface area contributed by atoms with E-state index in [4.69, 9.17) is 29.7 Å². The minimum Gasteiger partial charge on any atom is -0.455 e. The van der Waals surface area contributed by atoms with Gasteiger partial charge in [-0.1, -0.05) is 163 Å². The van der Waals surface area contributed by atoms with Gasteiger partial charge in [-0.05, 0) is 90.0 Å². The number of aromatic nitrogens is 5. The average molecular weight is 930 g/mol. The molecule has 3 aromatic heterocycles. The van der Waals surface area contributed by atoms with E-state index in [1.807, 2.05) is 72.9 Å². The summed E-state index contributed by atoms with van der Waals surface area (Å²) < 4.78 is 7.25. The normalized spacial score (nSPS) is 14.6. The molecule has 1 aliphatic carbocycles. The Labute approximate surface area is 414 Å². The Bertz CT molecular complexity index is 3760. The SMILES string of the molecule is c1ccc(-c2nc(-c3ccccc3)nc(-c3ccc4c(n3)-c3ncccc3C43c4ccccc4Oc4c3ccc3c4Sc4ccccc4N3c3cccc(N(c4ccccc4)c4ccccc4)c3)n2)cc1. The number of pyridine rings is 2. The zero-order chi connectivity index (χ0) is 46.9. The predicted octanol–water partition coefficient (Wildman–Crippen LogP) is 15.5. The summed E-state index contributed by atoms with van der Waals surface area (Å²) in [6.07, 6.45) is 1.86. The van der Waals surface area contributed by atoms with Crippen LogP contribution in [0.15, 0.2) is 247 Å². The molecule has 1 unspecified atom stereocenters. The maximum atomic E-state index is 7.25. The topological polar surface area (TPSA) is 80.2 Å². The molecule has 0 radical (unpaired) electrons. The highest BCUT2D eigenvalue weighted by Gasteiger charge is 2.53. The highest BCUT2D eigenvalue weighted by molar-refractivity contribution is 7.99. The number of hydrogen-bond donors (Lipinski definition) is 0. The summed E-state index contributed by atoms with van der Waals surface area (Å²) in [7, 11) is 0. The predicted molar refractivity (Wildman–Crippen MR) is 283 cm³/mol. The second-order valence-electron chi connectivity index (χ2n) is 17.6. The third kappa shape index (κ3) is 6.51. The Hall–Kier alpha value is -9.18. The smallest absolute Gasteiger partial charge is 0.182 e. The standard InChI is InChI=1S/C62H39N7OS/c1-5-19-40(20-6-1)59-65-60(41-21-7-2-8-22-41)67-61(66-59)50-36-34-48-56(64-50)55-47(30-18-38-63-55)62(48)46-29-13-15-32-53(46)70-57-49(62)35-37-52-58(57)71-54-33-16-14-31-51(54)69(52)45-28-17-27-44(39-45)68(42-23-9-3-10-24-42)43-25-11-4-12-26-43/h1-39H. The molecule has 1 spiro atoms. The fraction of sp³-hybridized carbons (Fsp3) is 0.0161. The molecule has 0 saturated carbocycles. The van der Waals surface area contributed by atoms with E-state index in [9.17, 15) is 0 Å². The van der Waals surface area contributed by atoms with E-state index >= 15 is 0 Å². The molecule has 0 amide bonds. The summed E-state index contributed by atoms with van der Waals surface area (Å²) >= 11 is 1.75. The molecule has 71 heavy (non-hydrogen) atoms. The molecule has 3 aliphatic rings. The first-order valence-corrected chi connectivity index (χ1v) is 24.4. The van der Waals surface area contributed by atoms with Crippen molar-refractivity contribution in [3.8, 4) is 57.2 Å². The van der Waals surface area contributed by atoms with Crippen LogP contribution in [0, 0.1) is 0 Å². The van der Waals surface area contributed by atoms with Crippen molar-refractivity contribution in [1.82, 2.24) is 24.9 Å². The monoisotopic (exact) mass is 929 g/mol. The Morgan fingerprint density at radius 2 is 1.03 bits per heavy atom. The Kier molecular flexibility index (Phi) is 9.50. The maximum Gasteiger partial charge on any atom is 0.182 e. The summed E-state index contributed by atoms with van der Waals surface area (Å²) in [6, 6.07) is 80.0. The fourth-order valence-corrected chi connectivity index (χ4v) is 11.7. The van der Waals surface area contributed by atoms with E-state index in [-0.39, 0.29) is 0 Å². The minimum absolute atomic E-state index is 0.482. The van der Waals surface area contributed by atoms with Gasteiger partial charge < -0.3 is 14.5 Å². The molecule has 8 aromatic carbocycles. The Balaban J connectivity index is 0.956. The molecule has 334 valence electrons. The van der Waals surface area contributed by atoms with Gasteiger partial charge in [0.1, 0.15) is 17.2 Å². The van der Waals surface area contributed by atoms with Crippen LogP contribution in [0.3, 0.4) is 0 Å². The highest BCUT2D eigenvalue weighted by Crippen LogP contribution is 2.65. The molecule has 1 atom stereocenters. The summed E-state index contributed by atoms with van der Waals surface area (Å²) in [5.41, 5.74) is 13.6. The maximum absolute atomic E-state index is 7.25. The van der Waals surface area contributed by atoms with Gasteiger partial charge in [0.05, 0.1) is 33.1 Å². The molecular weight excluding hydrogens is 891 g/mol. The quantitative estimate of drug-likeness (QED) is 0.155. The third-order valence-corrected chi connectivity index (χ3v) is 14.8. The van der Waals surface area contributed by atoms with Crippen LogP contribution >= 0.6 is 11.8 Å². The Morgan fingerprint density at radius 1 is 0.437 bits per heavy atom. The van der Waals surface area contributed by atoms with Gasteiger partial charge in [0.15, 0.2) is 17.5 Å². The number of rotatable bonds is 7. The summed E-state index contributed by atoms with van der Waals surface area (Å²) in [5, 5.41) is 0. The highest BCUT2D eigenvalue weighted by atomic mass is 32.2. The lowest BCUT2D eigenvalue weighted by Gasteiger charge is -2.41. The van der Waals surface area contributed by atoms with Crippen LogP contribution in [0.5, 0.6) is 11.5 Å². The number of fused-ring (bicyclic) bond motifs is 12. The van der Waals surface area contributed by atoms with Gasteiger partial charge in [-0.3, -0.25) is 4.98 Å². The first kappa shape index (κ1) is 40.8. The van der Waals surface area contributed by atoms with E-state index in [2.05, 4.69) is 174 Å². The first-order chi connectivity index (χ1) is 35.2. The van der Waals surface area contributed by atoms with E-state index in [1.54, 1.807) is 11.8 Å². The summed E-state index contributed by atoms with van der Waals surface area (Å²) in [5.74, 6) is 3.23. The largest absolute Gasteiger partial charge is 0.455 e. The average Bonchev–Trinajstić information content (AvgIpc) is 3.74. The van der Waals surface area contributed by atoms with Crippen molar-refractivity contribution < 1.29 is 4.74 Å². The fourth-order valence-electron chi connectivity index (χ4n) is 10.6. The van der Waals surface area contributed by atoms with Crippen LogP contribution in [0.4, 0.5) is 34.1 Å². The number of benzene rings is 8. The second kappa shape index (κ2) is 16.5. The van der Waals surface area contributed by atoms with Gasteiger partial charge in [0.2, 0.25) is 0 Å². The van der Waals surface area contributed by atoms with Crippen LogP contribution in [-0.4, -0.2) is 24.9 Å². The van der Waals surface area contributed by atoms with Gasteiger partial charge in [0.25, 0.3) is 0 Å². The van der Waals surface area contributed by atoms with Crippen LogP contribution in [0.2, 0.25) is 0 Å². The first-order valence-electron chi connectivity index (χ1n) is 23.6. The Morgan fingerprint density at radius 3 is 1.76 bits per heavy atom. The van der Waals surface area contributed by atoms with E-state index in [0.717, 1.165) is 100 Å². The van der Waals surface area contributed by atoms with Crippen LogP contribution in [0.25, 0.3) is 45.7 Å². The van der Waals surface area contributed by atoms with Gasteiger partial charge in [0, 0.05) is 56.1 Å². The molecule has 5 heterocycles. The van der Waals surface area contributed by atoms with Crippen molar-refractivity contribution in [3.63, 3.8) is 0 Å². The molecule has 0 fully saturated rings. The van der Waals surface area contributed by atoms with Crippen molar-refractivity contribution in [3.05, 3.63) is 259 Å². The van der Waals surface area contributed by atoms with E-state index in [0.29, 0.717) is 23.2 Å². The van der Waals surface area contributed by atoms with Crippen LogP contribution < -0.4 is 14.5 Å².